The third kappa shape index (κ3) is 4.54. The molecule has 0 aliphatic heterocycles. The van der Waals surface area contributed by atoms with Crippen molar-refractivity contribution in [3.63, 3.8) is 0 Å². The van der Waals surface area contributed by atoms with Crippen LogP contribution < -0.4 is 0 Å². The minimum Gasteiger partial charge on any atom is -0.292 e. The number of fused-ring (bicyclic) bond motifs is 3. The van der Waals surface area contributed by atoms with Gasteiger partial charge >= 0.3 is 0 Å². The molecule has 2 nitrogen and oxygen atoms in total. The van der Waals surface area contributed by atoms with E-state index in [4.69, 9.17) is 11.8 Å². The molecule has 8 aromatic carbocycles. The van der Waals surface area contributed by atoms with Crippen molar-refractivity contribution in [2.75, 3.05) is 0 Å². The number of aromatic nitrogens is 2. The van der Waals surface area contributed by atoms with E-state index in [2.05, 4.69) is 71.3 Å². The van der Waals surface area contributed by atoms with Crippen LogP contribution in [0.15, 0.2) is 182 Å². The van der Waals surface area contributed by atoms with Crippen molar-refractivity contribution in [1.29, 1.82) is 0 Å². The molecule has 2 heteroatoms. The molecule has 0 aliphatic carbocycles. The zero-order valence-electron chi connectivity index (χ0n) is 30.3. The van der Waals surface area contributed by atoms with Gasteiger partial charge in [0, 0.05) is 11.1 Å². The summed E-state index contributed by atoms with van der Waals surface area (Å²) in [6.45, 7) is 0. The largest absolute Gasteiger partial charge is 0.292 e. The summed E-state index contributed by atoms with van der Waals surface area (Å²) in [5.41, 5.74) is 8.53. The molecule has 9 rings (SSSR count). The van der Waals surface area contributed by atoms with E-state index in [0.29, 0.717) is 5.56 Å². The predicted octanol–water partition coefficient (Wildman–Crippen LogP) is 12.0. The summed E-state index contributed by atoms with van der Waals surface area (Å²) in [7, 11) is 0. The molecular weight excluding hydrogens is 569 g/mol. The van der Waals surface area contributed by atoms with Gasteiger partial charge in [-0.1, -0.05) is 158 Å². The van der Waals surface area contributed by atoms with Crippen molar-refractivity contribution in [2.24, 2.45) is 0 Å². The van der Waals surface area contributed by atoms with Gasteiger partial charge in [0.2, 0.25) is 0 Å². The smallest absolute Gasteiger partial charge is 0.145 e. The highest BCUT2D eigenvalue weighted by Gasteiger charge is 2.22. The minimum absolute atomic E-state index is 0.184. The molecule has 0 saturated heterocycles. The highest BCUT2D eigenvalue weighted by molar-refractivity contribution is 6.22. The first-order valence-electron chi connectivity index (χ1n) is 18.2. The van der Waals surface area contributed by atoms with Gasteiger partial charge in [-0.2, -0.15) is 0 Å². The summed E-state index contributed by atoms with van der Waals surface area (Å²) in [4.78, 5) is 5.13. The molecule has 47 heavy (non-hydrogen) atoms. The third-order valence-corrected chi connectivity index (χ3v) is 8.89. The minimum atomic E-state index is -0.412. The second-order valence-electron chi connectivity index (χ2n) is 11.6. The van der Waals surface area contributed by atoms with Crippen LogP contribution in [-0.2, 0) is 0 Å². The topological polar surface area (TPSA) is 17.8 Å². The second-order valence-corrected chi connectivity index (χ2v) is 11.6. The number of hydrogen-bond donors (Lipinski definition) is 0. The molecule has 0 bridgehead atoms. The Kier molecular flexibility index (Phi) is 5.35. The molecule has 0 fully saturated rings. The maximum absolute atomic E-state index is 9.09. The number of hydrogen-bond acceptors (Lipinski definition) is 1. The van der Waals surface area contributed by atoms with Crippen LogP contribution in [0.4, 0.5) is 0 Å². The molecule has 0 spiro atoms. The van der Waals surface area contributed by atoms with Crippen molar-refractivity contribution in [2.45, 2.75) is 0 Å². The molecule has 0 saturated carbocycles. The quantitative estimate of drug-likeness (QED) is 0.179. The van der Waals surface area contributed by atoms with Gasteiger partial charge in [0.15, 0.2) is 0 Å². The highest BCUT2D eigenvalue weighted by atomic mass is 15.1. The number of benzene rings is 8. The zero-order chi connectivity index (χ0) is 35.5. The predicted molar refractivity (Wildman–Crippen MR) is 198 cm³/mol. The molecule has 0 unspecified atom stereocenters. The fourth-order valence-corrected chi connectivity index (χ4v) is 6.85. The Morgan fingerprint density at radius 2 is 1.06 bits per heavy atom. The maximum Gasteiger partial charge on any atom is 0.145 e. The Labute approximate surface area is 280 Å². The van der Waals surface area contributed by atoms with E-state index in [1.54, 1.807) is 0 Å². The van der Waals surface area contributed by atoms with Gasteiger partial charge in [0.05, 0.1) is 23.6 Å². The van der Waals surface area contributed by atoms with Crippen molar-refractivity contribution in [1.82, 2.24) is 9.55 Å². The van der Waals surface area contributed by atoms with E-state index in [1.807, 2.05) is 84.9 Å². The van der Waals surface area contributed by atoms with Crippen LogP contribution >= 0.6 is 0 Å². The molecule has 0 radical (unpaired) electrons. The first-order valence-corrected chi connectivity index (χ1v) is 15.7. The van der Waals surface area contributed by atoms with Crippen LogP contribution in [0, 0.1) is 0 Å². The molecule has 1 aromatic heterocycles. The third-order valence-electron chi connectivity index (χ3n) is 8.89. The number of para-hydroxylation sites is 3. The van der Waals surface area contributed by atoms with Gasteiger partial charge in [-0.25, -0.2) is 4.98 Å². The van der Waals surface area contributed by atoms with E-state index in [9.17, 15) is 0 Å². The Bertz CT molecular complexity index is 2820. The van der Waals surface area contributed by atoms with Crippen LogP contribution in [0.5, 0.6) is 0 Å². The SMILES string of the molecule is [2H]c1c([2H])c([2H])c(-c2c3ccccc3c(-c3ccccc3-n3c(-c4ccccc4)nc4ccccc43)c3ccc(-c4ccccc4)cc23)c([2H])c1[2H]. The molecule has 9 aromatic rings. The molecule has 1 heterocycles. The number of imidazole rings is 1. The summed E-state index contributed by atoms with van der Waals surface area (Å²) in [5.74, 6) is 0.824. The lowest BCUT2D eigenvalue weighted by atomic mass is 9.84. The molecule has 0 amide bonds. The van der Waals surface area contributed by atoms with E-state index in [1.165, 1.54) is 0 Å². The number of nitrogens with zero attached hydrogens (tertiary/aromatic N) is 2. The van der Waals surface area contributed by atoms with Gasteiger partial charge in [-0.3, -0.25) is 4.57 Å². The fourth-order valence-electron chi connectivity index (χ4n) is 6.85. The molecular formula is C45H30N2. The summed E-state index contributed by atoms with van der Waals surface area (Å²) < 4.78 is 45.9. The Hall–Kier alpha value is -6.25. The van der Waals surface area contributed by atoms with E-state index in [-0.39, 0.29) is 29.7 Å². The first kappa shape index (κ1) is 22.3. The Balaban J connectivity index is 1.45. The molecule has 220 valence electrons. The lowest BCUT2D eigenvalue weighted by Gasteiger charge is -2.21. The number of rotatable bonds is 5. The fraction of sp³-hybridized carbons (Fsp3) is 0. The summed E-state index contributed by atoms with van der Waals surface area (Å²) in [6, 6.07) is 49.5. The standard InChI is InChI=1S/C45H30N2/c1-4-16-31(17-5-1)34-28-29-37-39(30-34)43(32-18-6-2-7-19-32)35-22-10-11-23-36(35)44(37)38-24-12-14-26-41(38)47-42-27-15-13-25-40(42)46-45(47)33-20-8-3-9-21-33/h1-30H/i2D,6D,7D,18D,19D. The normalized spacial score (nSPS) is 12.9. The van der Waals surface area contributed by atoms with E-state index >= 15 is 0 Å². The van der Waals surface area contributed by atoms with Crippen LogP contribution in [0.2, 0.25) is 0 Å². The Morgan fingerprint density at radius 1 is 0.447 bits per heavy atom. The first-order chi connectivity index (χ1) is 25.4. The van der Waals surface area contributed by atoms with Crippen LogP contribution in [-0.4, -0.2) is 9.55 Å². The van der Waals surface area contributed by atoms with Crippen LogP contribution in [0.3, 0.4) is 0 Å². The maximum atomic E-state index is 9.09. The van der Waals surface area contributed by atoms with Crippen LogP contribution in [0.25, 0.3) is 83.0 Å². The second kappa shape index (κ2) is 11.3. The monoisotopic (exact) mass is 603 g/mol. The van der Waals surface area contributed by atoms with Gasteiger partial charge < -0.3 is 0 Å². The molecule has 0 N–H and O–H groups in total. The average molecular weight is 604 g/mol. The van der Waals surface area contributed by atoms with E-state index < -0.39 is 6.04 Å². The lowest BCUT2D eigenvalue weighted by Crippen LogP contribution is -2.01. The van der Waals surface area contributed by atoms with Crippen molar-refractivity contribution in [3.8, 4) is 50.5 Å². The van der Waals surface area contributed by atoms with E-state index in [0.717, 1.165) is 71.9 Å². The van der Waals surface area contributed by atoms with Crippen LogP contribution in [0.1, 0.15) is 6.85 Å². The van der Waals surface area contributed by atoms with Crippen molar-refractivity contribution in [3.05, 3.63) is 182 Å². The van der Waals surface area contributed by atoms with Crippen molar-refractivity contribution < 1.29 is 6.85 Å². The summed E-state index contributed by atoms with van der Waals surface area (Å²) >= 11 is 0. The molecule has 0 aliphatic rings. The highest BCUT2D eigenvalue weighted by Crippen LogP contribution is 2.46. The zero-order valence-corrected chi connectivity index (χ0v) is 25.3. The van der Waals surface area contributed by atoms with Gasteiger partial charge in [-0.05, 0) is 73.6 Å². The Morgan fingerprint density at radius 3 is 1.85 bits per heavy atom. The average Bonchev–Trinajstić information content (AvgIpc) is 3.59. The van der Waals surface area contributed by atoms with Gasteiger partial charge in [-0.15, -0.1) is 0 Å². The summed E-state index contributed by atoms with van der Waals surface area (Å²) in [6.07, 6.45) is 0. The summed E-state index contributed by atoms with van der Waals surface area (Å²) in [5, 5.41) is 3.39. The molecule has 0 atom stereocenters. The van der Waals surface area contributed by atoms with Gasteiger partial charge in [0.1, 0.15) is 5.82 Å². The lowest BCUT2D eigenvalue weighted by molar-refractivity contribution is 1.10. The van der Waals surface area contributed by atoms with Gasteiger partial charge in [0.25, 0.3) is 0 Å². The van der Waals surface area contributed by atoms with Crippen molar-refractivity contribution >= 4 is 32.6 Å².